The fourth-order valence-corrected chi connectivity index (χ4v) is 2.62. The normalized spacial score (nSPS) is 10.1. The number of nitrogens with one attached hydrogen (secondary N) is 2. The Hall–Kier alpha value is -3.17. The molecular formula is C19H13BrN4O. The molecule has 1 aromatic heterocycles. The molecular weight excluding hydrogens is 380 g/mol. The lowest BCUT2D eigenvalue weighted by Gasteiger charge is -2.13. The first-order valence-corrected chi connectivity index (χ1v) is 8.19. The summed E-state index contributed by atoms with van der Waals surface area (Å²) in [5.74, 6) is -0.300. The molecule has 0 aliphatic rings. The number of aromatic nitrogens is 1. The molecule has 0 unspecified atom stereocenters. The van der Waals surface area contributed by atoms with E-state index in [9.17, 15) is 10.1 Å². The van der Waals surface area contributed by atoms with Gasteiger partial charge in [-0.25, -0.2) is 0 Å². The second kappa shape index (κ2) is 7.16. The Morgan fingerprint density at radius 1 is 1.20 bits per heavy atom. The maximum Gasteiger partial charge on any atom is 0.247 e. The zero-order valence-electron chi connectivity index (χ0n) is 13.1. The fourth-order valence-electron chi connectivity index (χ4n) is 2.36. The highest BCUT2D eigenvalue weighted by atomic mass is 79.9. The number of benzene rings is 2. The molecule has 0 bridgehead atoms. The number of fused-ring (bicyclic) bond motifs is 1. The van der Waals surface area contributed by atoms with E-state index in [0.29, 0.717) is 16.9 Å². The van der Waals surface area contributed by atoms with E-state index in [0.717, 1.165) is 21.1 Å². The molecule has 5 nitrogen and oxygen atoms in total. The summed E-state index contributed by atoms with van der Waals surface area (Å²) < 4.78 is 0.965. The van der Waals surface area contributed by atoms with Crippen LogP contribution in [0.2, 0.25) is 0 Å². The first-order valence-electron chi connectivity index (χ1n) is 7.39. The van der Waals surface area contributed by atoms with Crippen LogP contribution in [0.3, 0.4) is 0 Å². The van der Waals surface area contributed by atoms with Crippen LogP contribution in [0.25, 0.3) is 10.9 Å². The van der Waals surface area contributed by atoms with Gasteiger partial charge < -0.3 is 10.6 Å². The Bertz CT molecular complexity index is 1010. The first-order chi connectivity index (χ1) is 12.1. The zero-order chi connectivity index (χ0) is 17.8. The third kappa shape index (κ3) is 3.67. The van der Waals surface area contributed by atoms with Crippen molar-refractivity contribution >= 4 is 49.8 Å². The average molecular weight is 393 g/mol. The molecule has 1 amide bonds. The number of nitriles is 1. The van der Waals surface area contributed by atoms with E-state index in [-0.39, 0.29) is 5.91 Å². The van der Waals surface area contributed by atoms with Gasteiger partial charge in [0.15, 0.2) is 0 Å². The van der Waals surface area contributed by atoms with Crippen LogP contribution in [-0.2, 0) is 4.79 Å². The van der Waals surface area contributed by atoms with Crippen LogP contribution in [0.4, 0.5) is 17.1 Å². The van der Waals surface area contributed by atoms with E-state index < -0.39 is 0 Å². The zero-order valence-corrected chi connectivity index (χ0v) is 14.7. The lowest BCUT2D eigenvalue weighted by Crippen LogP contribution is -2.07. The number of hydrogen-bond acceptors (Lipinski definition) is 4. The standard InChI is InChI=1S/C19H13BrN4O/c1-2-18(25)23-15-7-8-17-16(9-15)19(12(10-21)11-22-17)24-14-5-3-13(20)4-6-14/h2-9,11H,1H2,(H,22,24)(H,23,25). The Labute approximate surface area is 153 Å². The first kappa shape index (κ1) is 16.7. The number of amides is 1. The summed E-state index contributed by atoms with van der Waals surface area (Å²) in [7, 11) is 0. The monoisotopic (exact) mass is 392 g/mol. The molecule has 2 aromatic carbocycles. The summed E-state index contributed by atoms with van der Waals surface area (Å²) in [5, 5.41) is 16.2. The van der Waals surface area contributed by atoms with Gasteiger partial charge in [-0.2, -0.15) is 5.26 Å². The molecule has 3 rings (SSSR count). The predicted octanol–water partition coefficient (Wildman–Crippen LogP) is 4.74. The SMILES string of the molecule is C=CC(=O)Nc1ccc2ncc(C#N)c(Nc3ccc(Br)cc3)c2c1. The van der Waals surface area contributed by atoms with E-state index in [1.54, 1.807) is 18.2 Å². The number of rotatable bonds is 4. The maximum absolute atomic E-state index is 11.5. The van der Waals surface area contributed by atoms with Gasteiger partial charge in [0, 0.05) is 27.4 Å². The van der Waals surface area contributed by atoms with Crippen molar-refractivity contribution in [2.45, 2.75) is 0 Å². The van der Waals surface area contributed by atoms with E-state index in [1.165, 1.54) is 12.3 Å². The lowest BCUT2D eigenvalue weighted by atomic mass is 10.1. The van der Waals surface area contributed by atoms with Crippen molar-refractivity contribution in [1.82, 2.24) is 4.98 Å². The van der Waals surface area contributed by atoms with E-state index in [2.05, 4.69) is 44.2 Å². The number of carbonyl (C=O) groups is 1. The molecule has 0 aliphatic heterocycles. The minimum Gasteiger partial charge on any atom is -0.354 e. The van der Waals surface area contributed by atoms with Crippen molar-refractivity contribution in [2.24, 2.45) is 0 Å². The van der Waals surface area contributed by atoms with Gasteiger partial charge in [0.2, 0.25) is 5.91 Å². The van der Waals surface area contributed by atoms with Gasteiger partial charge in [-0.15, -0.1) is 0 Å². The maximum atomic E-state index is 11.5. The van der Waals surface area contributed by atoms with E-state index >= 15 is 0 Å². The number of anilines is 3. The smallest absolute Gasteiger partial charge is 0.247 e. The summed E-state index contributed by atoms with van der Waals surface area (Å²) >= 11 is 3.40. The van der Waals surface area contributed by atoms with Crippen molar-refractivity contribution in [3.63, 3.8) is 0 Å². The van der Waals surface area contributed by atoms with E-state index in [1.807, 2.05) is 24.3 Å². The molecule has 2 N–H and O–H groups in total. The van der Waals surface area contributed by atoms with E-state index in [4.69, 9.17) is 0 Å². The molecule has 0 atom stereocenters. The number of pyridine rings is 1. The van der Waals surface area contributed by atoms with Gasteiger partial charge in [0.25, 0.3) is 0 Å². The van der Waals surface area contributed by atoms with Crippen molar-refractivity contribution in [3.05, 3.63) is 71.4 Å². The average Bonchev–Trinajstić information content (AvgIpc) is 2.63. The molecule has 25 heavy (non-hydrogen) atoms. The van der Waals surface area contributed by atoms with Gasteiger partial charge in [-0.3, -0.25) is 9.78 Å². The third-order valence-corrected chi connectivity index (χ3v) is 4.08. The quantitative estimate of drug-likeness (QED) is 0.628. The molecule has 6 heteroatoms. The van der Waals surface area contributed by atoms with Gasteiger partial charge in [0.1, 0.15) is 6.07 Å². The number of nitrogens with zero attached hydrogens (tertiary/aromatic N) is 2. The van der Waals surface area contributed by atoms with Crippen molar-refractivity contribution < 1.29 is 4.79 Å². The molecule has 0 saturated carbocycles. The number of hydrogen-bond donors (Lipinski definition) is 2. The Balaban J connectivity index is 2.11. The molecule has 3 aromatic rings. The second-order valence-electron chi connectivity index (χ2n) is 5.22. The summed E-state index contributed by atoms with van der Waals surface area (Å²) in [6.07, 6.45) is 2.74. The molecule has 0 radical (unpaired) electrons. The van der Waals surface area contributed by atoms with Crippen LogP contribution in [0.5, 0.6) is 0 Å². The number of halogens is 1. The molecule has 0 aliphatic carbocycles. The lowest BCUT2D eigenvalue weighted by molar-refractivity contribution is -0.111. The Morgan fingerprint density at radius 3 is 2.60 bits per heavy atom. The second-order valence-corrected chi connectivity index (χ2v) is 6.13. The van der Waals surface area contributed by atoms with Crippen LogP contribution in [0.1, 0.15) is 5.56 Å². The minimum atomic E-state index is -0.300. The molecule has 0 fully saturated rings. The van der Waals surface area contributed by atoms with Crippen LogP contribution < -0.4 is 10.6 Å². The van der Waals surface area contributed by atoms with Gasteiger partial charge in [-0.05, 0) is 48.5 Å². The highest BCUT2D eigenvalue weighted by Gasteiger charge is 2.11. The Morgan fingerprint density at radius 2 is 1.92 bits per heavy atom. The largest absolute Gasteiger partial charge is 0.354 e. The third-order valence-electron chi connectivity index (χ3n) is 3.55. The van der Waals surface area contributed by atoms with Gasteiger partial charge >= 0.3 is 0 Å². The van der Waals surface area contributed by atoms with Crippen LogP contribution in [0, 0.1) is 11.3 Å². The van der Waals surface area contributed by atoms with Crippen molar-refractivity contribution in [2.75, 3.05) is 10.6 Å². The van der Waals surface area contributed by atoms with Crippen molar-refractivity contribution in [3.8, 4) is 6.07 Å². The van der Waals surface area contributed by atoms with Crippen LogP contribution >= 0.6 is 15.9 Å². The van der Waals surface area contributed by atoms with Crippen molar-refractivity contribution in [1.29, 1.82) is 5.26 Å². The van der Waals surface area contributed by atoms with Crippen LogP contribution in [-0.4, -0.2) is 10.9 Å². The van der Waals surface area contributed by atoms with Gasteiger partial charge in [0.05, 0.1) is 16.8 Å². The summed E-state index contributed by atoms with van der Waals surface area (Å²) in [6.45, 7) is 3.44. The molecule has 122 valence electrons. The highest BCUT2D eigenvalue weighted by Crippen LogP contribution is 2.31. The Kier molecular flexibility index (Phi) is 4.78. The summed E-state index contributed by atoms with van der Waals surface area (Å²) in [6, 6.07) is 15.1. The minimum absolute atomic E-state index is 0.300. The van der Waals surface area contributed by atoms with Gasteiger partial charge in [-0.1, -0.05) is 22.5 Å². The summed E-state index contributed by atoms with van der Waals surface area (Å²) in [5.41, 5.74) is 3.23. The van der Waals surface area contributed by atoms with Crippen LogP contribution in [0.15, 0.2) is 65.8 Å². The molecule has 1 heterocycles. The molecule has 0 saturated heterocycles. The topological polar surface area (TPSA) is 77.8 Å². The highest BCUT2D eigenvalue weighted by molar-refractivity contribution is 9.10. The predicted molar refractivity (Wildman–Crippen MR) is 103 cm³/mol. The summed E-state index contributed by atoms with van der Waals surface area (Å²) in [4.78, 5) is 15.8. The molecule has 0 spiro atoms. The number of carbonyl (C=O) groups excluding carboxylic acids is 1. The fraction of sp³-hybridized carbons (Fsp3) is 0.